The second kappa shape index (κ2) is 6.95. The van der Waals surface area contributed by atoms with Crippen LogP contribution in [0.25, 0.3) is 0 Å². The van der Waals surface area contributed by atoms with E-state index in [0.717, 1.165) is 18.7 Å². The Morgan fingerprint density at radius 3 is 2.57 bits per heavy atom. The summed E-state index contributed by atoms with van der Waals surface area (Å²) in [5, 5.41) is 7.58. The van der Waals surface area contributed by atoms with Crippen molar-refractivity contribution in [2.24, 2.45) is 5.73 Å². The molecule has 0 aliphatic carbocycles. The van der Waals surface area contributed by atoms with Crippen molar-refractivity contribution >= 4 is 5.84 Å². The first-order chi connectivity index (χ1) is 10.1. The maximum absolute atomic E-state index is 13.3. The zero-order chi connectivity index (χ0) is 15.2. The van der Waals surface area contributed by atoms with Gasteiger partial charge in [-0.2, -0.15) is 0 Å². The minimum Gasteiger partial charge on any atom is -0.384 e. The number of hydrogen-bond acceptors (Lipinski definition) is 3. The van der Waals surface area contributed by atoms with E-state index in [1.807, 2.05) is 12.1 Å². The van der Waals surface area contributed by atoms with Crippen molar-refractivity contribution in [3.8, 4) is 0 Å². The van der Waals surface area contributed by atoms with Crippen molar-refractivity contribution in [3.63, 3.8) is 0 Å². The Hall–Kier alpha value is -2.27. The molecule has 2 rings (SSSR count). The van der Waals surface area contributed by atoms with E-state index in [9.17, 15) is 4.39 Å². The number of nitrogens with two attached hydrogens (primary N) is 1. The predicted molar refractivity (Wildman–Crippen MR) is 81.4 cm³/mol. The molecular formula is C16H19FN4. The van der Waals surface area contributed by atoms with Gasteiger partial charge in [-0.05, 0) is 41.9 Å². The molecule has 0 amide bonds. The highest BCUT2D eigenvalue weighted by Gasteiger charge is 2.11. The minimum absolute atomic E-state index is 0.107. The molecule has 0 aliphatic heterocycles. The zero-order valence-corrected chi connectivity index (χ0v) is 12.0. The lowest BCUT2D eigenvalue weighted by atomic mass is 10.1. The zero-order valence-electron chi connectivity index (χ0n) is 12.0. The first-order valence-electron chi connectivity index (χ1n) is 6.84. The number of pyridine rings is 1. The number of amidine groups is 1. The predicted octanol–water partition coefficient (Wildman–Crippen LogP) is 2.53. The third-order valence-electron chi connectivity index (χ3n) is 3.36. The lowest BCUT2D eigenvalue weighted by Gasteiger charge is -2.22. The molecule has 0 unspecified atom stereocenters. The molecule has 0 bridgehead atoms. The van der Waals surface area contributed by atoms with Crippen molar-refractivity contribution < 1.29 is 4.39 Å². The van der Waals surface area contributed by atoms with E-state index >= 15 is 0 Å². The Labute approximate surface area is 123 Å². The molecule has 0 saturated carbocycles. The summed E-state index contributed by atoms with van der Waals surface area (Å²) in [4.78, 5) is 6.21. The molecule has 3 N–H and O–H groups in total. The Bertz CT molecular complexity index is 613. The fourth-order valence-electron chi connectivity index (χ4n) is 2.20. The monoisotopic (exact) mass is 286 g/mol. The fourth-order valence-corrected chi connectivity index (χ4v) is 2.20. The van der Waals surface area contributed by atoms with Gasteiger partial charge in [0.15, 0.2) is 0 Å². The summed E-state index contributed by atoms with van der Waals surface area (Å²) in [6.45, 7) is 4.30. The van der Waals surface area contributed by atoms with Crippen molar-refractivity contribution in [3.05, 3.63) is 65.2 Å². The lowest BCUT2D eigenvalue weighted by molar-refractivity contribution is 0.271. The van der Waals surface area contributed by atoms with Crippen LogP contribution in [0.4, 0.5) is 4.39 Å². The smallest absolute Gasteiger partial charge is 0.123 e. The number of nitrogens with zero attached hydrogens (tertiary/aromatic N) is 2. The van der Waals surface area contributed by atoms with Crippen molar-refractivity contribution in [1.29, 1.82) is 5.41 Å². The molecular weight excluding hydrogens is 267 g/mol. The topological polar surface area (TPSA) is 66.0 Å². The van der Waals surface area contributed by atoms with E-state index in [0.29, 0.717) is 12.1 Å². The van der Waals surface area contributed by atoms with Gasteiger partial charge in [-0.3, -0.25) is 15.3 Å². The molecule has 0 radical (unpaired) electrons. The van der Waals surface area contributed by atoms with Crippen LogP contribution in [0, 0.1) is 11.2 Å². The molecule has 4 nitrogen and oxygen atoms in total. The van der Waals surface area contributed by atoms with Gasteiger partial charge in [-0.25, -0.2) is 4.39 Å². The molecule has 1 aromatic heterocycles. The first-order valence-corrected chi connectivity index (χ1v) is 6.84. The summed E-state index contributed by atoms with van der Waals surface area (Å²) in [5.41, 5.74) is 8.03. The van der Waals surface area contributed by atoms with E-state index in [1.165, 1.54) is 17.7 Å². The Balaban J connectivity index is 2.17. The molecule has 21 heavy (non-hydrogen) atoms. The summed E-state index contributed by atoms with van der Waals surface area (Å²) >= 11 is 0. The highest BCUT2D eigenvalue weighted by Crippen LogP contribution is 2.15. The van der Waals surface area contributed by atoms with E-state index in [-0.39, 0.29) is 11.7 Å². The minimum atomic E-state index is -0.374. The third-order valence-corrected chi connectivity index (χ3v) is 3.36. The Morgan fingerprint density at radius 1 is 1.24 bits per heavy atom. The van der Waals surface area contributed by atoms with E-state index in [2.05, 4.69) is 16.8 Å². The second-order valence-corrected chi connectivity index (χ2v) is 4.87. The molecule has 5 heteroatoms. The van der Waals surface area contributed by atoms with Crippen LogP contribution >= 0.6 is 0 Å². The number of nitrogens with one attached hydrogen (secondary N) is 1. The average molecular weight is 286 g/mol. The molecule has 0 fully saturated rings. The second-order valence-electron chi connectivity index (χ2n) is 4.87. The quantitative estimate of drug-likeness (QED) is 0.633. The standard InChI is InChI=1S/C16H19FN4/c1-2-21(10-12-5-7-20-8-6-12)11-13-3-4-14(17)9-15(13)16(18)19/h3-9H,2,10-11H2,1H3,(H3,18,19). The van der Waals surface area contributed by atoms with Crippen LogP contribution < -0.4 is 5.73 Å². The lowest BCUT2D eigenvalue weighted by Crippen LogP contribution is -2.24. The highest BCUT2D eigenvalue weighted by atomic mass is 19.1. The van der Waals surface area contributed by atoms with Gasteiger partial charge in [-0.15, -0.1) is 0 Å². The highest BCUT2D eigenvalue weighted by molar-refractivity contribution is 5.96. The van der Waals surface area contributed by atoms with Crippen LogP contribution in [0.15, 0.2) is 42.7 Å². The van der Waals surface area contributed by atoms with Crippen LogP contribution in [0.3, 0.4) is 0 Å². The Kier molecular flexibility index (Phi) is 5.00. The number of halogens is 1. The van der Waals surface area contributed by atoms with Crippen LogP contribution in [0.2, 0.25) is 0 Å². The van der Waals surface area contributed by atoms with Gasteiger partial charge in [0.25, 0.3) is 0 Å². The van der Waals surface area contributed by atoms with E-state index < -0.39 is 0 Å². The number of benzene rings is 1. The number of nitrogen functional groups attached to an aromatic ring is 1. The molecule has 110 valence electrons. The van der Waals surface area contributed by atoms with Gasteiger partial charge in [0, 0.05) is 31.0 Å². The van der Waals surface area contributed by atoms with Crippen molar-refractivity contribution in [2.45, 2.75) is 20.0 Å². The number of hydrogen-bond donors (Lipinski definition) is 2. The van der Waals surface area contributed by atoms with Crippen molar-refractivity contribution in [2.75, 3.05) is 6.54 Å². The molecule has 0 atom stereocenters. The molecule has 0 aliphatic rings. The molecule has 0 saturated heterocycles. The maximum Gasteiger partial charge on any atom is 0.123 e. The average Bonchev–Trinajstić information content (AvgIpc) is 2.49. The summed E-state index contributed by atoms with van der Waals surface area (Å²) in [5.74, 6) is -0.481. The maximum atomic E-state index is 13.3. The van der Waals surface area contributed by atoms with Crippen molar-refractivity contribution in [1.82, 2.24) is 9.88 Å². The molecule has 1 aromatic carbocycles. The summed E-state index contributed by atoms with van der Waals surface area (Å²) in [6, 6.07) is 8.36. The van der Waals surface area contributed by atoms with Gasteiger partial charge in [0.1, 0.15) is 11.7 Å². The molecule has 2 aromatic rings. The van der Waals surface area contributed by atoms with Gasteiger partial charge >= 0.3 is 0 Å². The first kappa shape index (κ1) is 15.1. The van der Waals surface area contributed by atoms with Gasteiger partial charge in [0.05, 0.1) is 0 Å². The van der Waals surface area contributed by atoms with Crippen LogP contribution in [-0.4, -0.2) is 22.3 Å². The fraction of sp³-hybridized carbons (Fsp3) is 0.250. The third kappa shape index (κ3) is 4.10. The normalized spacial score (nSPS) is 10.8. The number of aromatic nitrogens is 1. The van der Waals surface area contributed by atoms with Crippen LogP contribution in [0.1, 0.15) is 23.6 Å². The van der Waals surface area contributed by atoms with Crippen LogP contribution in [0.5, 0.6) is 0 Å². The Morgan fingerprint density at radius 2 is 1.95 bits per heavy atom. The van der Waals surface area contributed by atoms with Gasteiger partial charge in [0.2, 0.25) is 0 Å². The SMILES string of the molecule is CCN(Cc1ccncc1)Cc1ccc(F)cc1C(=N)N. The molecule has 1 heterocycles. The summed E-state index contributed by atoms with van der Waals surface area (Å²) in [7, 11) is 0. The van der Waals surface area contributed by atoms with Crippen LogP contribution in [-0.2, 0) is 13.1 Å². The van der Waals surface area contributed by atoms with E-state index in [4.69, 9.17) is 11.1 Å². The largest absolute Gasteiger partial charge is 0.384 e. The summed E-state index contributed by atoms with van der Waals surface area (Å²) < 4.78 is 13.3. The van der Waals surface area contributed by atoms with E-state index in [1.54, 1.807) is 18.5 Å². The summed E-state index contributed by atoms with van der Waals surface area (Å²) in [6.07, 6.45) is 3.53. The van der Waals surface area contributed by atoms with Gasteiger partial charge < -0.3 is 5.73 Å². The molecule has 0 spiro atoms. The van der Waals surface area contributed by atoms with Gasteiger partial charge in [-0.1, -0.05) is 13.0 Å². The number of rotatable bonds is 6.